The van der Waals surface area contributed by atoms with Crippen molar-refractivity contribution in [3.63, 3.8) is 0 Å². The number of carboxylic acid groups (broad SMARTS) is 1. The molecule has 0 atom stereocenters. The van der Waals surface area contributed by atoms with Crippen LogP contribution in [0.5, 0.6) is 0 Å². The van der Waals surface area contributed by atoms with Gasteiger partial charge in [0.1, 0.15) is 20.8 Å². The van der Waals surface area contributed by atoms with Crippen LogP contribution in [0.1, 0.15) is 26.7 Å². The maximum Gasteiger partial charge on any atom is 0.377 e. The standard InChI is InChI=1S/C23H22N3O2S2.C2H4O2.H2O/c1-4-25-15-10-6-8-12-17(15)28-19(25)14-20-26(5-2)22(27)21(30-20)23-24(3)16-11-7-9-13-18(16)29-23;1-2(3)4;/h6-14H,4-5H2,1-3H3;1H3,(H,3,4);1H2/q+1;;/p-1/b23-21-;;. The number of carboxylic acids is 1. The van der Waals surface area contributed by atoms with Crippen molar-refractivity contribution in [2.75, 3.05) is 11.9 Å². The maximum atomic E-state index is 13.3. The zero-order chi connectivity index (χ0) is 24.4. The molecule has 0 radical (unpaired) electrons. The van der Waals surface area contributed by atoms with Gasteiger partial charge in [-0.05, 0) is 39.0 Å². The predicted molar refractivity (Wildman–Crippen MR) is 138 cm³/mol. The summed E-state index contributed by atoms with van der Waals surface area (Å²) in [6, 6.07) is 16.3. The Morgan fingerprint density at radius 1 is 1.14 bits per heavy atom. The molecule has 1 aliphatic rings. The van der Waals surface area contributed by atoms with Gasteiger partial charge in [0, 0.05) is 30.5 Å². The smallest absolute Gasteiger partial charge is 0.377 e. The Labute approximate surface area is 210 Å². The van der Waals surface area contributed by atoms with Gasteiger partial charge >= 0.3 is 5.89 Å². The summed E-state index contributed by atoms with van der Waals surface area (Å²) in [7, 11) is 2.03. The lowest BCUT2D eigenvalue weighted by atomic mass is 10.3. The van der Waals surface area contributed by atoms with Crippen LogP contribution in [0.3, 0.4) is 0 Å². The highest BCUT2D eigenvalue weighted by atomic mass is 32.2. The molecule has 0 saturated carbocycles. The largest absolute Gasteiger partial charge is 0.550 e. The van der Waals surface area contributed by atoms with Crippen LogP contribution in [-0.4, -0.2) is 23.1 Å². The fourth-order valence-corrected chi connectivity index (χ4v) is 6.30. The van der Waals surface area contributed by atoms with Gasteiger partial charge in [-0.15, -0.1) is 11.3 Å². The minimum atomic E-state index is -1.08. The third kappa shape index (κ3) is 5.04. The van der Waals surface area contributed by atoms with Gasteiger partial charge in [0.25, 0.3) is 11.1 Å². The summed E-state index contributed by atoms with van der Waals surface area (Å²) in [6.07, 6.45) is 2.00. The number of aryl methyl sites for hydroxylation is 1. The minimum Gasteiger partial charge on any atom is -0.550 e. The zero-order valence-electron chi connectivity index (χ0n) is 19.9. The fraction of sp³-hybridized carbons (Fsp3) is 0.240. The topological polar surface area (TPSA) is 114 Å². The van der Waals surface area contributed by atoms with E-state index in [1.165, 1.54) is 16.2 Å². The zero-order valence-corrected chi connectivity index (χ0v) is 21.5. The van der Waals surface area contributed by atoms with E-state index >= 15 is 0 Å². The normalized spacial score (nSPS) is 14.4. The molecule has 35 heavy (non-hydrogen) atoms. The molecule has 0 aliphatic carbocycles. The number of rotatable bonds is 3. The summed E-state index contributed by atoms with van der Waals surface area (Å²) in [5.74, 6) is -0.325. The molecule has 0 unspecified atom stereocenters. The molecule has 8 nitrogen and oxygen atoms in total. The van der Waals surface area contributed by atoms with E-state index in [0.29, 0.717) is 6.54 Å². The number of oxazole rings is 1. The first-order valence-electron chi connectivity index (χ1n) is 10.9. The Bertz CT molecular complexity index is 1550. The molecule has 2 N–H and O–H groups in total. The average Bonchev–Trinajstić information content (AvgIpc) is 3.44. The van der Waals surface area contributed by atoms with E-state index in [2.05, 4.69) is 34.6 Å². The first-order valence-corrected chi connectivity index (χ1v) is 12.5. The molecule has 0 amide bonds. The Morgan fingerprint density at radius 3 is 2.46 bits per heavy atom. The number of para-hydroxylation sites is 3. The van der Waals surface area contributed by atoms with Crippen LogP contribution in [0.25, 0.3) is 22.2 Å². The Balaban J connectivity index is 0.000000638. The van der Waals surface area contributed by atoms with Crippen molar-refractivity contribution in [2.24, 2.45) is 0 Å². The maximum absolute atomic E-state index is 13.3. The molecule has 4 aromatic rings. The number of thioether (sulfide) groups is 1. The number of carbonyl (C=O) groups excluding carboxylic acids is 1. The monoisotopic (exact) mass is 513 g/mol. The third-order valence-electron chi connectivity index (χ3n) is 5.36. The van der Waals surface area contributed by atoms with Crippen LogP contribution in [-0.2, 0) is 17.9 Å². The number of hydrogen-bond acceptors (Lipinski definition) is 7. The van der Waals surface area contributed by atoms with Gasteiger partial charge in [0.05, 0.1) is 11.8 Å². The molecule has 5 rings (SSSR count). The highest BCUT2D eigenvalue weighted by molar-refractivity contribution is 8.08. The number of fused-ring (bicyclic) bond motifs is 2. The summed E-state index contributed by atoms with van der Waals surface area (Å²) in [4.78, 5) is 25.5. The first kappa shape index (κ1) is 26.3. The van der Waals surface area contributed by atoms with E-state index in [9.17, 15) is 4.79 Å². The second-order valence-electron chi connectivity index (χ2n) is 7.54. The number of hydrogen-bond donors (Lipinski definition) is 0. The lowest BCUT2D eigenvalue weighted by molar-refractivity contribution is -0.674. The molecule has 0 spiro atoms. The molecule has 10 heteroatoms. The molecule has 0 saturated heterocycles. The molecular weight excluding hydrogens is 486 g/mol. The van der Waals surface area contributed by atoms with Crippen molar-refractivity contribution >= 4 is 57.0 Å². The summed E-state index contributed by atoms with van der Waals surface area (Å²) in [5, 5.41) is 9.88. The molecular formula is C25H27N3O5S2. The summed E-state index contributed by atoms with van der Waals surface area (Å²) in [6.45, 7) is 6.49. The third-order valence-corrected chi connectivity index (χ3v) is 7.85. The molecule has 2 aromatic carbocycles. The predicted octanol–water partition coefficient (Wildman–Crippen LogP) is 1.05. The van der Waals surface area contributed by atoms with Crippen LogP contribution in [0.2, 0.25) is 0 Å². The summed E-state index contributed by atoms with van der Waals surface area (Å²) < 4.78 is 11.8. The number of benzene rings is 2. The van der Waals surface area contributed by atoms with Crippen molar-refractivity contribution in [1.29, 1.82) is 0 Å². The Morgan fingerprint density at radius 2 is 1.80 bits per heavy atom. The number of aliphatic carboxylic acids is 1. The average molecular weight is 514 g/mol. The summed E-state index contributed by atoms with van der Waals surface area (Å²) >= 11 is 3.19. The van der Waals surface area contributed by atoms with Crippen LogP contribution in [0.15, 0.2) is 62.6 Å². The van der Waals surface area contributed by atoms with E-state index in [1.54, 1.807) is 11.8 Å². The van der Waals surface area contributed by atoms with Gasteiger partial charge in [-0.3, -0.25) is 9.36 Å². The Kier molecular flexibility index (Phi) is 8.21. The molecule has 0 fully saturated rings. The second-order valence-corrected chi connectivity index (χ2v) is 9.60. The highest BCUT2D eigenvalue weighted by Gasteiger charge is 2.25. The van der Waals surface area contributed by atoms with Crippen molar-refractivity contribution in [3.05, 3.63) is 74.0 Å². The van der Waals surface area contributed by atoms with Gasteiger partial charge in [0.2, 0.25) is 5.58 Å². The minimum absolute atomic E-state index is 0. The van der Waals surface area contributed by atoms with Crippen LogP contribution < -0.4 is 29.3 Å². The lowest BCUT2D eigenvalue weighted by Crippen LogP contribution is -2.36. The summed E-state index contributed by atoms with van der Waals surface area (Å²) in [5.41, 5.74) is 3.10. The molecule has 1 aliphatic heterocycles. The molecule has 3 heterocycles. The van der Waals surface area contributed by atoms with Crippen molar-refractivity contribution in [1.82, 2.24) is 4.57 Å². The Hall–Kier alpha value is -3.34. The van der Waals surface area contributed by atoms with Gasteiger partial charge in [-0.2, -0.15) is 4.57 Å². The van der Waals surface area contributed by atoms with Gasteiger partial charge in [-0.25, -0.2) is 0 Å². The van der Waals surface area contributed by atoms with Crippen LogP contribution in [0, 0.1) is 0 Å². The van der Waals surface area contributed by atoms with E-state index in [1.807, 2.05) is 54.9 Å². The van der Waals surface area contributed by atoms with Crippen LogP contribution >= 0.6 is 23.1 Å². The van der Waals surface area contributed by atoms with Gasteiger partial charge in [0.15, 0.2) is 0 Å². The first-order chi connectivity index (χ1) is 16.3. The van der Waals surface area contributed by atoms with E-state index < -0.39 is 5.97 Å². The number of aromatic nitrogens is 2. The number of anilines is 1. The van der Waals surface area contributed by atoms with E-state index in [0.717, 1.165) is 50.4 Å². The van der Waals surface area contributed by atoms with Crippen molar-refractivity contribution in [2.45, 2.75) is 38.8 Å². The number of carbonyl (C=O) groups is 1. The molecule has 184 valence electrons. The molecule has 2 aromatic heterocycles. The second kappa shape index (κ2) is 10.9. The highest BCUT2D eigenvalue weighted by Crippen LogP contribution is 2.44. The number of thiazole rings is 1. The van der Waals surface area contributed by atoms with E-state index in [-0.39, 0.29) is 11.0 Å². The van der Waals surface area contributed by atoms with Gasteiger partial charge in [-0.1, -0.05) is 36.0 Å². The van der Waals surface area contributed by atoms with E-state index in [4.69, 9.17) is 14.3 Å². The molecule has 0 bridgehead atoms. The van der Waals surface area contributed by atoms with Crippen molar-refractivity contribution in [3.8, 4) is 0 Å². The fourth-order valence-electron chi connectivity index (χ4n) is 3.86. The number of nitrogens with zero attached hydrogens (tertiary/aromatic N) is 3. The van der Waals surface area contributed by atoms with Crippen LogP contribution in [0.4, 0.5) is 5.69 Å². The van der Waals surface area contributed by atoms with Crippen molar-refractivity contribution < 1.29 is 24.4 Å². The lowest BCUT2D eigenvalue weighted by Gasteiger charge is -2.11. The SMILES string of the molecule is CC(=O)[O-].CCn1c(=O)/c(=C2/Sc3ccccc3N2C)s/c1=C/c1oc2ccccc2[n+]1CC.O. The quantitative estimate of drug-likeness (QED) is 0.379. The van der Waals surface area contributed by atoms with Gasteiger partial charge < -0.3 is 24.7 Å².